The molecule has 3 aromatic rings. The van der Waals surface area contributed by atoms with Gasteiger partial charge in [0.15, 0.2) is 0 Å². The first-order valence-electron chi connectivity index (χ1n) is 11.7. The summed E-state index contributed by atoms with van der Waals surface area (Å²) < 4.78 is 0. The van der Waals surface area contributed by atoms with Gasteiger partial charge < -0.3 is 20.4 Å². The SMILES string of the molecule is C=C/C=C(/C)N(C)c1nc(-c2ccc(CN)cc2)cc(N2CCN(c3ncccc3Cl)CC2C)n1. The maximum atomic E-state index is 6.42. The quantitative estimate of drug-likeness (QED) is 0.473. The third-order valence-electron chi connectivity index (χ3n) is 6.33. The van der Waals surface area contributed by atoms with E-state index < -0.39 is 0 Å². The van der Waals surface area contributed by atoms with Crippen LogP contribution in [0.3, 0.4) is 0 Å². The number of hydrogen-bond donors (Lipinski definition) is 1. The third kappa shape index (κ3) is 5.47. The first-order valence-corrected chi connectivity index (χ1v) is 12.1. The molecule has 1 fully saturated rings. The molecule has 0 radical (unpaired) electrons. The molecule has 0 spiro atoms. The second-order valence-electron chi connectivity index (χ2n) is 8.71. The molecular weight excluding hydrogens is 458 g/mol. The van der Waals surface area contributed by atoms with Crippen molar-refractivity contribution in [1.29, 1.82) is 0 Å². The minimum Gasteiger partial charge on any atom is -0.352 e. The number of hydrogen-bond acceptors (Lipinski definition) is 7. The Morgan fingerprint density at radius 3 is 2.66 bits per heavy atom. The summed E-state index contributed by atoms with van der Waals surface area (Å²) in [7, 11) is 1.97. The van der Waals surface area contributed by atoms with E-state index in [0.717, 1.165) is 53.8 Å². The van der Waals surface area contributed by atoms with Gasteiger partial charge in [-0.05, 0) is 37.6 Å². The summed E-state index contributed by atoms with van der Waals surface area (Å²) in [5.41, 5.74) is 9.78. The van der Waals surface area contributed by atoms with E-state index in [1.54, 1.807) is 12.3 Å². The zero-order chi connectivity index (χ0) is 24.9. The first-order chi connectivity index (χ1) is 16.9. The smallest absolute Gasteiger partial charge is 0.231 e. The Hall–Kier alpha value is -3.42. The molecule has 0 bridgehead atoms. The molecule has 8 heteroatoms. The van der Waals surface area contributed by atoms with E-state index in [2.05, 4.69) is 46.5 Å². The van der Waals surface area contributed by atoms with Crippen LogP contribution < -0.4 is 20.4 Å². The molecule has 1 aliphatic heterocycles. The molecule has 35 heavy (non-hydrogen) atoms. The summed E-state index contributed by atoms with van der Waals surface area (Å²) >= 11 is 6.42. The second-order valence-corrected chi connectivity index (χ2v) is 9.12. The van der Waals surface area contributed by atoms with Crippen molar-refractivity contribution in [2.24, 2.45) is 5.73 Å². The molecule has 2 N–H and O–H groups in total. The Balaban J connectivity index is 1.69. The lowest BCUT2D eigenvalue weighted by molar-refractivity contribution is 0.542. The number of piperazine rings is 1. The molecular formula is C27H32ClN7. The lowest BCUT2D eigenvalue weighted by Crippen LogP contribution is -2.52. The van der Waals surface area contributed by atoms with Gasteiger partial charge in [0.1, 0.15) is 11.6 Å². The molecule has 0 amide bonds. The van der Waals surface area contributed by atoms with Crippen LogP contribution in [0, 0.1) is 0 Å². The predicted octanol–water partition coefficient (Wildman–Crippen LogP) is 4.89. The fourth-order valence-electron chi connectivity index (χ4n) is 4.22. The summed E-state index contributed by atoms with van der Waals surface area (Å²) in [6, 6.07) is 14.2. The Morgan fingerprint density at radius 2 is 2.00 bits per heavy atom. The monoisotopic (exact) mass is 489 g/mol. The van der Waals surface area contributed by atoms with Crippen LogP contribution in [-0.2, 0) is 6.54 Å². The van der Waals surface area contributed by atoms with Crippen molar-refractivity contribution in [2.45, 2.75) is 26.4 Å². The molecule has 3 heterocycles. The fourth-order valence-corrected chi connectivity index (χ4v) is 4.46. The Labute approximate surface area is 212 Å². The van der Waals surface area contributed by atoms with E-state index in [0.29, 0.717) is 17.5 Å². The first kappa shape index (κ1) is 24.7. The van der Waals surface area contributed by atoms with Crippen LogP contribution >= 0.6 is 11.6 Å². The fraction of sp³-hybridized carbons (Fsp3) is 0.296. The number of halogens is 1. The van der Waals surface area contributed by atoms with Crippen LogP contribution in [0.1, 0.15) is 19.4 Å². The summed E-state index contributed by atoms with van der Waals surface area (Å²) in [5.74, 6) is 2.36. The molecule has 182 valence electrons. The van der Waals surface area contributed by atoms with Crippen LogP contribution in [0.4, 0.5) is 17.6 Å². The number of allylic oxidation sites excluding steroid dienone is 3. The predicted molar refractivity (Wildman–Crippen MR) is 146 cm³/mol. The van der Waals surface area contributed by atoms with Gasteiger partial charge in [-0.1, -0.05) is 48.5 Å². The van der Waals surface area contributed by atoms with E-state index in [-0.39, 0.29) is 6.04 Å². The number of nitrogens with two attached hydrogens (primary N) is 1. The molecule has 0 saturated carbocycles. The molecule has 0 aliphatic carbocycles. The number of nitrogens with zero attached hydrogens (tertiary/aromatic N) is 6. The molecule has 1 aliphatic rings. The number of aromatic nitrogens is 3. The van der Waals surface area contributed by atoms with Gasteiger partial charge in [-0.2, -0.15) is 4.98 Å². The van der Waals surface area contributed by atoms with Crippen molar-refractivity contribution < 1.29 is 0 Å². The van der Waals surface area contributed by atoms with Gasteiger partial charge in [0.05, 0.1) is 10.7 Å². The average molecular weight is 490 g/mol. The number of anilines is 3. The van der Waals surface area contributed by atoms with Gasteiger partial charge in [0.25, 0.3) is 0 Å². The van der Waals surface area contributed by atoms with Crippen LogP contribution in [0.2, 0.25) is 5.02 Å². The Kier molecular flexibility index (Phi) is 7.68. The molecule has 1 aromatic carbocycles. The van der Waals surface area contributed by atoms with E-state index in [1.165, 1.54) is 0 Å². The maximum Gasteiger partial charge on any atom is 0.231 e. The Morgan fingerprint density at radius 1 is 1.23 bits per heavy atom. The highest BCUT2D eigenvalue weighted by atomic mass is 35.5. The lowest BCUT2D eigenvalue weighted by Gasteiger charge is -2.41. The summed E-state index contributed by atoms with van der Waals surface area (Å²) in [6.07, 6.45) is 5.50. The van der Waals surface area contributed by atoms with Crippen molar-refractivity contribution in [2.75, 3.05) is 41.4 Å². The minimum atomic E-state index is 0.201. The van der Waals surface area contributed by atoms with Gasteiger partial charge in [0.2, 0.25) is 5.95 Å². The van der Waals surface area contributed by atoms with Crippen LogP contribution in [0.25, 0.3) is 11.3 Å². The second kappa shape index (κ2) is 10.9. The number of rotatable bonds is 7. The highest BCUT2D eigenvalue weighted by Crippen LogP contribution is 2.30. The van der Waals surface area contributed by atoms with E-state index in [4.69, 9.17) is 27.3 Å². The topological polar surface area (TPSA) is 74.4 Å². The number of pyridine rings is 1. The zero-order valence-electron chi connectivity index (χ0n) is 20.5. The van der Waals surface area contributed by atoms with Crippen molar-refractivity contribution in [3.8, 4) is 11.3 Å². The van der Waals surface area contributed by atoms with Crippen LogP contribution in [0.5, 0.6) is 0 Å². The highest BCUT2D eigenvalue weighted by molar-refractivity contribution is 6.32. The minimum absolute atomic E-state index is 0.201. The van der Waals surface area contributed by atoms with Gasteiger partial charge in [-0.25, -0.2) is 9.97 Å². The van der Waals surface area contributed by atoms with Crippen molar-refractivity contribution in [3.05, 3.63) is 83.7 Å². The van der Waals surface area contributed by atoms with E-state index >= 15 is 0 Å². The standard InChI is InChI=1S/C27H32ClN7/c1-5-7-19(2)33(4)27-31-24(22-11-9-21(17-29)10-12-22)16-25(32-27)35-15-14-34(18-20(35)3)26-23(28)8-6-13-30-26/h5-13,16,20H,1,14-15,17-18,29H2,2-4H3/b19-7-. The highest BCUT2D eigenvalue weighted by Gasteiger charge is 2.27. The molecule has 1 saturated heterocycles. The number of benzene rings is 1. The summed E-state index contributed by atoms with van der Waals surface area (Å²) in [5, 5.41) is 0.673. The van der Waals surface area contributed by atoms with Crippen molar-refractivity contribution >= 4 is 29.2 Å². The van der Waals surface area contributed by atoms with Gasteiger partial charge >= 0.3 is 0 Å². The van der Waals surface area contributed by atoms with Gasteiger partial charge in [-0.3, -0.25) is 0 Å². The third-order valence-corrected chi connectivity index (χ3v) is 6.63. The molecule has 4 rings (SSSR count). The normalized spacial score (nSPS) is 16.4. The Bertz CT molecular complexity index is 1210. The molecule has 2 aromatic heterocycles. The maximum absolute atomic E-state index is 6.42. The van der Waals surface area contributed by atoms with Crippen molar-refractivity contribution in [1.82, 2.24) is 15.0 Å². The van der Waals surface area contributed by atoms with Crippen molar-refractivity contribution in [3.63, 3.8) is 0 Å². The van der Waals surface area contributed by atoms with Gasteiger partial charge in [0, 0.05) is 62.8 Å². The summed E-state index contributed by atoms with van der Waals surface area (Å²) in [4.78, 5) is 20.9. The lowest BCUT2D eigenvalue weighted by atomic mass is 10.1. The molecule has 1 unspecified atom stereocenters. The van der Waals surface area contributed by atoms with Crippen LogP contribution in [-0.4, -0.2) is 47.7 Å². The van der Waals surface area contributed by atoms with Crippen LogP contribution in [0.15, 0.2) is 73.1 Å². The largest absolute Gasteiger partial charge is 0.352 e. The van der Waals surface area contributed by atoms with E-state index in [1.807, 2.05) is 49.2 Å². The summed E-state index contributed by atoms with van der Waals surface area (Å²) in [6.45, 7) is 10.9. The molecule has 1 atom stereocenters. The average Bonchev–Trinajstić information content (AvgIpc) is 2.88. The van der Waals surface area contributed by atoms with E-state index in [9.17, 15) is 0 Å². The molecule has 7 nitrogen and oxygen atoms in total. The van der Waals surface area contributed by atoms with Gasteiger partial charge in [-0.15, -0.1) is 0 Å². The zero-order valence-corrected chi connectivity index (χ0v) is 21.3.